The van der Waals surface area contributed by atoms with E-state index in [1.54, 1.807) is 30.9 Å². The molecule has 1 fully saturated rings. The van der Waals surface area contributed by atoms with E-state index in [-0.39, 0.29) is 12.1 Å². The Balaban J connectivity index is 1.66. The highest BCUT2D eigenvalue weighted by Crippen LogP contribution is 2.24. The number of nitrogens with zero attached hydrogens (tertiary/aromatic N) is 1. The fourth-order valence-corrected chi connectivity index (χ4v) is 4.33. The van der Waals surface area contributed by atoms with E-state index >= 15 is 0 Å². The number of anilines is 1. The third-order valence-corrected chi connectivity index (χ3v) is 7.07. The number of nitrogens with one attached hydrogen (secondary N) is 2. The largest absolute Gasteiger partial charge is 0.422 e. The number of carbonyl (C=O) groups excluding carboxylic acids is 1. The van der Waals surface area contributed by atoms with Crippen molar-refractivity contribution in [1.82, 2.24) is 9.62 Å². The van der Waals surface area contributed by atoms with Crippen molar-refractivity contribution in [3.8, 4) is 0 Å². The number of hydrogen-bond acceptors (Lipinski definition) is 5. The van der Waals surface area contributed by atoms with E-state index in [1.165, 1.54) is 6.07 Å². The average Bonchev–Trinajstić information content (AvgIpc) is 2.67. The monoisotopic (exact) mass is 421 g/mol. The van der Waals surface area contributed by atoms with Crippen LogP contribution in [0, 0.1) is 0 Å². The Morgan fingerprint density at radius 1 is 1.24 bits per heavy atom. The van der Waals surface area contributed by atoms with E-state index in [1.807, 2.05) is 13.0 Å². The summed E-state index contributed by atoms with van der Waals surface area (Å²) in [5.74, 6) is 0. The summed E-state index contributed by atoms with van der Waals surface area (Å²) in [6.45, 7) is 6.19. The summed E-state index contributed by atoms with van der Waals surface area (Å²) < 4.78 is 32.0. The predicted octanol–water partition coefficient (Wildman–Crippen LogP) is 2.68. The third-order valence-electron chi connectivity index (χ3n) is 5.16. The number of amides is 2. The molecule has 0 radical (unpaired) electrons. The summed E-state index contributed by atoms with van der Waals surface area (Å²) in [4.78, 5) is 25.8. The van der Waals surface area contributed by atoms with Crippen molar-refractivity contribution in [2.24, 2.45) is 0 Å². The van der Waals surface area contributed by atoms with Crippen LogP contribution in [0.3, 0.4) is 0 Å². The zero-order valence-electron chi connectivity index (χ0n) is 16.9. The first-order chi connectivity index (χ1) is 13.7. The molecule has 1 saturated heterocycles. The van der Waals surface area contributed by atoms with Gasteiger partial charge in [-0.15, -0.1) is 0 Å². The quantitative estimate of drug-likeness (QED) is 0.722. The standard InChI is InChI=1S/C20H27N3O5S/c1-4-14-11-17(12-15-5-6-18(24)28-19(14)15)21-20(25)23-9-7-16(8-10-23)22-29(26,27)13(2)3/h5-6,11-13,16,22H,4,7-10H2,1-3H3,(H,21,25). The molecule has 1 aliphatic heterocycles. The SMILES string of the molecule is CCc1cc(NC(=O)N2CCC(NS(=O)(=O)C(C)C)CC2)cc2ccc(=O)oc12. The summed E-state index contributed by atoms with van der Waals surface area (Å²) in [6.07, 6.45) is 1.81. The normalized spacial score (nSPS) is 15.8. The van der Waals surface area contributed by atoms with Crippen LogP contribution in [0.15, 0.2) is 33.5 Å². The first-order valence-corrected chi connectivity index (χ1v) is 11.4. The molecule has 29 heavy (non-hydrogen) atoms. The highest BCUT2D eigenvalue weighted by atomic mass is 32.2. The number of aryl methyl sites for hydroxylation is 1. The van der Waals surface area contributed by atoms with Gasteiger partial charge in [0.2, 0.25) is 10.0 Å². The topological polar surface area (TPSA) is 109 Å². The van der Waals surface area contributed by atoms with E-state index in [4.69, 9.17) is 4.42 Å². The van der Waals surface area contributed by atoms with Gasteiger partial charge >= 0.3 is 11.7 Å². The van der Waals surface area contributed by atoms with Crippen LogP contribution >= 0.6 is 0 Å². The molecule has 2 heterocycles. The molecule has 1 aromatic heterocycles. The van der Waals surface area contributed by atoms with Crippen molar-refractivity contribution in [1.29, 1.82) is 0 Å². The van der Waals surface area contributed by atoms with Crippen molar-refractivity contribution in [3.63, 3.8) is 0 Å². The molecule has 2 aromatic rings. The Kier molecular flexibility index (Phi) is 6.28. The van der Waals surface area contributed by atoms with Crippen molar-refractivity contribution < 1.29 is 17.6 Å². The minimum absolute atomic E-state index is 0.151. The molecule has 0 saturated carbocycles. The van der Waals surface area contributed by atoms with Crippen molar-refractivity contribution in [2.45, 2.75) is 51.3 Å². The molecule has 2 N–H and O–H groups in total. The zero-order chi connectivity index (χ0) is 21.2. The fourth-order valence-electron chi connectivity index (χ4n) is 3.36. The number of likely N-dealkylation sites (tertiary alicyclic amines) is 1. The minimum atomic E-state index is -3.32. The highest BCUT2D eigenvalue weighted by Gasteiger charge is 2.27. The van der Waals surface area contributed by atoms with Gasteiger partial charge in [-0.3, -0.25) is 0 Å². The highest BCUT2D eigenvalue weighted by molar-refractivity contribution is 7.90. The molecule has 0 aliphatic carbocycles. The lowest BCUT2D eigenvalue weighted by Gasteiger charge is -2.32. The maximum absolute atomic E-state index is 12.7. The number of carbonyl (C=O) groups is 1. The van der Waals surface area contributed by atoms with Gasteiger partial charge in [0.1, 0.15) is 5.58 Å². The Hall–Kier alpha value is -2.39. The summed E-state index contributed by atoms with van der Waals surface area (Å²) in [5, 5.41) is 3.18. The lowest BCUT2D eigenvalue weighted by molar-refractivity contribution is 0.193. The second-order valence-corrected chi connectivity index (χ2v) is 9.83. The summed E-state index contributed by atoms with van der Waals surface area (Å²) in [6, 6.07) is 6.25. The van der Waals surface area contributed by atoms with Gasteiger partial charge in [0.05, 0.1) is 5.25 Å². The predicted molar refractivity (Wildman–Crippen MR) is 113 cm³/mol. The molecule has 0 bridgehead atoms. The van der Waals surface area contributed by atoms with Crippen LogP contribution in [-0.2, 0) is 16.4 Å². The van der Waals surface area contributed by atoms with Crippen LogP contribution in [-0.4, -0.2) is 43.7 Å². The Morgan fingerprint density at radius 2 is 1.93 bits per heavy atom. The molecule has 8 nitrogen and oxygen atoms in total. The maximum atomic E-state index is 12.7. The number of sulfonamides is 1. The van der Waals surface area contributed by atoms with Gasteiger partial charge < -0.3 is 14.6 Å². The average molecular weight is 422 g/mol. The molecule has 0 unspecified atom stereocenters. The van der Waals surface area contributed by atoms with E-state index in [9.17, 15) is 18.0 Å². The fraction of sp³-hybridized carbons (Fsp3) is 0.500. The smallest absolute Gasteiger partial charge is 0.336 e. The van der Waals surface area contributed by atoms with Gasteiger partial charge in [-0.05, 0) is 56.9 Å². The van der Waals surface area contributed by atoms with Crippen LogP contribution < -0.4 is 15.7 Å². The molecule has 1 aromatic carbocycles. The molecule has 0 atom stereocenters. The first kappa shape index (κ1) is 21.3. The lowest BCUT2D eigenvalue weighted by Crippen LogP contribution is -2.48. The van der Waals surface area contributed by atoms with E-state index < -0.39 is 20.9 Å². The van der Waals surface area contributed by atoms with E-state index in [0.717, 1.165) is 10.9 Å². The van der Waals surface area contributed by atoms with Gasteiger partial charge in [-0.2, -0.15) is 0 Å². The number of hydrogen-bond donors (Lipinski definition) is 2. The second kappa shape index (κ2) is 8.54. The van der Waals surface area contributed by atoms with Crippen molar-refractivity contribution in [3.05, 3.63) is 40.2 Å². The Bertz CT molecular complexity index is 1050. The second-order valence-electron chi connectivity index (χ2n) is 7.56. The van der Waals surface area contributed by atoms with Gasteiger partial charge in [-0.1, -0.05) is 6.92 Å². The van der Waals surface area contributed by atoms with Gasteiger partial charge in [0.15, 0.2) is 0 Å². The Morgan fingerprint density at radius 3 is 2.55 bits per heavy atom. The molecule has 1 aliphatic rings. The van der Waals surface area contributed by atoms with Crippen molar-refractivity contribution in [2.75, 3.05) is 18.4 Å². The summed E-state index contributed by atoms with van der Waals surface area (Å²) in [5.41, 5.74) is 1.62. The molecule has 2 amide bonds. The molecule has 158 valence electrons. The van der Waals surface area contributed by atoms with Crippen molar-refractivity contribution >= 4 is 32.7 Å². The molecule has 3 rings (SSSR count). The van der Waals surface area contributed by atoms with Gasteiger partial charge in [0, 0.05) is 36.3 Å². The van der Waals surface area contributed by atoms with E-state index in [2.05, 4.69) is 10.0 Å². The van der Waals surface area contributed by atoms with Crippen LogP contribution in [0.25, 0.3) is 11.0 Å². The maximum Gasteiger partial charge on any atom is 0.336 e. The summed E-state index contributed by atoms with van der Waals surface area (Å²) in [7, 11) is -3.32. The van der Waals surface area contributed by atoms with Gasteiger partial charge in [-0.25, -0.2) is 22.7 Å². The minimum Gasteiger partial charge on any atom is -0.422 e. The number of fused-ring (bicyclic) bond motifs is 1. The van der Waals surface area contributed by atoms with Gasteiger partial charge in [0.25, 0.3) is 0 Å². The number of benzene rings is 1. The van der Waals surface area contributed by atoms with Crippen LogP contribution in [0.5, 0.6) is 0 Å². The number of urea groups is 1. The zero-order valence-corrected chi connectivity index (χ0v) is 17.7. The van der Waals surface area contributed by atoms with E-state index in [0.29, 0.717) is 43.6 Å². The Labute approximate surface area is 170 Å². The molecular weight excluding hydrogens is 394 g/mol. The van der Waals surface area contributed by atoms with Crippen LogP contribution in [0.2, 0.25) is 0 Å². The van der Waals surface area contributed by atoms with Crippen LogP contribution in [0.4, 0.5) is 10.5 Å². The number of rotatable bonds is 5. The molecular formula is C20H27N3O5S. The van der Waals surface area contributed by atoms with Crippen LogP contribution in [0.1, 0.15) is 39.2 Å². The molecule has 9 heteroatoms. The first-order valence-electron chi connectivity index (χ1n) is 9.83. The third kappa shape index (κ3) is 4.97. The number of piperidine rings is 1. The molecule has 0 spiro atoms. The lowest BCUT2D eigenvalue weighted by atomic mass is 10.1. The summed E-state index contributed by atoms with van der Waals surface area (Å²) >= 11 is 0.